The number of hydrogen-bond acceptors (Lipinski definition) is 3. The summed E-state index contributed by atoms with van der Waals surface area (Å²) in [7, 11) is 3.65. The van der Waals surface area contributed by atoms with E-state index in [1.807, 2.05) is 48.3 Å². The maximum absolute atomic E-state index is 5.93. The first-order valence-corrected chi connectivity index (χ1v) is 8.39. The molecule has 0 spiro atoms. The molecule has 4 heteroatoms. The first-order valence-electron chi connectivity index (χ1n) is 8.39. The van der Waals surface area contributed by atoms with Gasteiger partial charge in [0.2, 0.25) is 5.89 Å². The number of ether oxygens (including phenoxy) is 1. The van der Waals surface area contributed by atoms with Crippen molar-refractivity contribution in [1.82, 2.24) is 4.98 Å². The van der Waals surface area contributed by atoms with Gasteiger partial charge in [0, 0.05) is 23.3 Å². The Balaban J connectivity index is 1.58. The SMILES string of the molecule is COc1ccc(-c2ccc(-c3cnc(-c4cc[n+](C)cc4)o3)cc2)cc1. The Hall–Kier alpha value is -3.40. The monoisotopic (exact) mass is 343 g/mol. The Morgan fingerprint density at radius 2 is 1.35 bits per heavy atom. The molecule has 26 heavy (non-hydrogen) atoms. The van der Waals surface area contributed by atoms with Crippen LogP contribution in [0.5, 0.6) is 5.75 Å². The van der Waals surface area contributed by atoms with Crippen LogP contribution in [0.4, 0.5) is 0 Å². The van der Waals surface area contributed by atoms with Crippen LogP contribution in [-0.2, 0) is 7.05 Å². The summed E-state index contributed by atoms with van der Waals surface area (Å²) in [5, 5.41) is 0. The average molecular weight is 343 g/mol. The fraction of sp³-hybridized carbons (Fsp3) is 0.0909. The molecule has 2 aromatic carbocycles. The van der Waals surface area contributed by atoms with Crippen LogP contribution in [0.2, 0.25) is 0 Å². The number of oxazole rings is 1. The van der Waals surface area contributed by atoms with Gasteiger partial charge in [-0.3, -0.25) is 0 Å². The predicted octanol–water partition coefficient (Wildman–Crippen LogP) is 4.51. The lowest BCUT2D eigenvalue weighted by atomic mass is 10.0. The van der Waals surface area contributed by atoms with Gasteiger partial charge in [0.1, 0.15) is 12.8 Å². The van der Waals surface area contributed by atoms with Crippen LogP contribution >= 0.6 is 0 Å². The zero-order valence-electron chi connectivity index (χ0n) is 14.7. The van der Waals surface area contributed by atoms with Crippen molar-refractivity contribution in [3.8, 4) is 39.7 Å². The van der Waals surface area contributed by atoms with E-state index in [1.54, 1.807) is 13.3 Å². The highest BCUT2D eigenvalue weighted by Gasteiger charge is 2.10. The number of aromatic nitrogens is 2. The molecule has 0 aliphatic carbocycles. The average Bonchev–Trinajstić information content (AvgIpc) is 3.19. The third-order valence-corrected chi connectivity index (χ3v) is 4.32. The normalized spacial score (nSPS) is 10.7. The highest BCUT2D eigenvalue weighted by molar-refractivity contribution is 5.69. The minimum atomic E-state index is 0.625. The van der Waals surface area contributed by atoms with Crippen LogP contribution < -0.4 is 9.30 Å². The second kappa shape index (κ2) is 6.84. The Kier molecular flexibility index (Phi) is 4.23. The number of rotatable bonds is 4. The van der Waals surface area contributed by atoms with E-state index in [1.165, 1.54) is 0 Å². The molecule has 0 radical (unpaired) electrons. The van der Waals surface area contributed by atoms with Crippen LogP contribution in [0, 0.1) is 0 Å². The quantitative estimate of drug-likeness (QED) is 0.512. The molecule has 0 fully saturated rings. The van der Waals surface area contributed by atoms with Gasteiger partial charge in [0.25, 0.3) is 0 Å². The smallest absolute Gasteiger partial charge is 0.227 e. The van der Waals surface area contributed by atoms with Gasteiger partial charge < -0.3 is 9.15 Å². The summed E-state index contributed by atoms with van der Waals surface area (Å²) in [6, 6.07) is 20.3. The number of nitrogens with zero attached hydrogens (tertiary/aromatic N) is 2. The number of pyridine rings is 1. The van der Waals surface area contributed by atoms with E-state index in [9.17, 15) is 0 Å². The maximum Gasteiger partial charge on any atom is 0.227 e. The molecule has 0 unspecified atom stereocenters. The molecule has 4 rings (SSSR count). The molecular formula is C22H19N2O2+. The van der Waals surface area contributed by atoms with Crippen molar-refractivity contribution >= 4 is 0 Å². The third-order valence-electron chi connectivity index (χ3n) is 4.32. The summed E-state index contributed by atoms with van der Waals surface area (Å²) < 4.78 is 13.1. The minimum Gasteiger partial charge on any atom is -0.497 e. The second-order valence-corrected chi connectivity index (χ2v) is 6.09. The molecule has 0 aliphatic heterocycles. The summed E-state index contributed by atoms with van der Waals surface area (Å²) >= 11 is 0. The van der Waals surface area contributed by atoms with Crippen molar-refractivity contribution in [1.29, 1.82) is 0 Å². The fourth-order valence-corrected chi connectivity index (χ4v) is 2.80. The molecule has 0 saturated carbocycles. The zero-order valence-corrected chi connectivity index (χ0v) is 14.7. The third kappa shape index (κ3) is 3.22. The van der Waals surface area contributed by atoms with E-state index in [0.717, 1.165) is 33.8 Å². The van der Waals surface area contributed by atoms with E-state index in [4.69, 9.17) is 9.15 Å². The highest BCUT2D eigenvalue weighted by Crippen LogP contribution is 2.28. The molecule has 4 nitrogen and oxygen atoms in total. The summed E-state index contributed by atoms with van der Waals surface area (Å²) in [5.74, 6) is 2.24. The van der Waals surface area contributed by atoms with Gasteiger partial charge in [-0.2, -0.15) is 0 Å². The van der Waals surface area contributed by atoms with Gasteiger partial charge in [0.05, 0.1) is 13.3 Å². The van der Waals surface area contributed by atoms with Crippen LogP contribution in [-0.4, -0.2) is 12.1 Å². The van der Waals surface area contributed by atoms with E-state index in [0.29, 0.717) is 5.89 Å². The van der Waals surface area contributed by atoms with Crippen molar-refractivity contribution in [2.45, 2.75) is 0 Å². The summed E-state index contributed by atoms with van der Waals surface area (Å²) in [4.78, 5) is 4.40. The summed E-state index contributed by atoms with van der Waals surface area (Å²) in [6.07, 6.45) is 5.72. The Bertz CT molecular complexity index is 1000. The van der Waals surface area contributed by atoms with Crippen molar-refractivity contribution in [3.05, 3.63) is 79.3 Å². The summed E-state index contributed by atoms with van der Waals surface area (Å²) in [5.41, 5.74) is 4.26. The Morgan fingerprint density at radius 1 is 0.769 bits per heavy atom. The molecule has 0 atom stereocenters. The Labute approximate surface area is 152 Å². The number of methoxy groups -OCH3 is 1. The molecule has 0 N–H and O–H groups in total. The van der Waals surface area contributed by atoms with Crippen molar-refractivity contribution < 1.29 is 13.7 Å². The van der Waals surface area contributed by atoms with E-state index >= 15 is 0 Å². The van der Waals surface area contributed by atoms with Crippen LogP contribution in [0.1, 0.15) is 0 Å². The molecule has 2 aromatic heterocycles. The van der Waals surface area contributed by atoms with Crippen LogP contribution in [0.15, 0.2) is 83.7 Å². The number of aryl methyl sites for hydroxylation is 1. The minimum absolute atomic E-state index is 0.625. The molecule has 0 saturated heterocycles. The fourth-order valence-electron chi connectivity index (χ4n) is 2.80. The highest BCUT2D eigenvalue weighted by atomic mass is 16.5. The second-order valence-electron chi connectivity index (χ2n) is 6.09. The molecule has 4 aromatic rings. The standard InChI is InChI=1S/C22H19N2O2/c1-24-13-11-19(12-14-24)22-23-15-21(26-22)18-5-3-16(4-6-18)17-7-9-20(25-2)10-8-17/h3-15H,1-2H3/q+1. The molecule has 0 amide bonds. The maximum atomic E-state index is 5.93. The summed E-state index contributed by atoms with van der Waals surface area (Å²) in [6.45, 7) is 0. The molecule has 0 bridgehead atoms. The van der Waals surface area contributed by atoms with Gasteiger partial charge in [-0.25, -0.2) is 9.55 Å². The number of benzene rings is 2. The van der Waals surface area contributed by atoms with E-state index in [2.05, 4.69) is 41.4 Å². The van der Waals surface area contributed by atoms with Crippen molar-refractivity contribution in [2.24, 2.45) is 7.05 Å². The lowest BCUT2D eigenvalue weighted by molar-refractivity contribution is -0.671. The van der Waals surface area contributed by atoms with E-state index in [-0.39, 0.29) is 0 Å². The molecule has 0 aliphatic rings. The number of hydrogen-bond donors (Lipinski definition) is 0. The van der Waals surface area contributed by atoms with Gasteiger partial charge in [-0.1, -0.05) is 36.4 Å². The topological polar surface area (TPSA) is 39.1 Å². The molecular weight excluding hydrogens is 324 g/mol. The molecule has 128 valence electrons. The first-order chi connectivity index (χ1) is 12.7. The Morgan fingerprint density at radius 3 is 1.96 bits per heavy atom. The van der Waals surface area contributed by atoms with Gasteiger partial charge in [0.15, 0.2) is 18.2 Å². The lowest BCUT2D eigenvalue weighted by Crippen LogP contribution is -2.25. The van der Waals surface area contributed by atoms with Crippen molar-refractivity contribution in [3.63, 3.8) is 0 Å². The first kappa shape index (κ1) is 16.1. The van der Waals surface area contributed by atoms with Gasteiger partial charge in [-0.15, -0.1) is 0 Å². The largest absolute Gasteiger partial charge is 0.497 e. The van der Waals surface area contributed by atoms with E-state index < -0.39 is 0 Å². The van der Waals surface area contributed by atoms with Crippen LogP contribution in [0.25, 0.3) is 33.9 Å². The molecule has 2 heterocycles. The van der Waals surface area contributed by atoms with Gasteiger partial charge >= 0.3 is 0 Å². The van der Waals surface area contributed by atoms with Crippen LogP contribution in [0.3, 0.4) is 0 Å². The van der Waals surface area contributed by atoms with Crippen molar-refractivity contribution in [2.75, 3.05) is 7.11 Å². The predicted molar refractivity (Wildman–Crippen MR) is 101 cm³/mol. The van der Waals surface area contributed by atoms with Gasteiger partial charge in [-0.05, 0) is 23.3 Å². The lowest BCUT2D eigenvalue weighted by Gasteiger charge is -2.04. The zero-order chi connectivity index (χ0) is 17.9.